The summed E-state index contributed by atoms with van der Waals surface area (Å²) in [4.78, 5) is 12.1. The SMILES string of the molecule is CC1CCCC(NC(=O)c2ccc(CN)cc2)C1. The molecule has 3 heteroatoms. The van der Waals surface area contributed by atoms with Gasteiger partial charge in [0, 0.05) is 18.2 Å². The molecule has 1 aromatic carbocycles. The molecular formula is C15H22N2O. The second kappa shape index (κ2) is 6.01. The molecular weight excluding hydrogens is 224 g/mol. The quantitative estimate of drug-likeness (QED) is 0.860. The van der Waals surface area contributed by atoms with E-state index < -0.39 is 0 Å². The van der Waals surface area contributed by atoms with Crippen LogP contribution in [0.4, 0.5) is 0 Å². The first-order valence-corrected chi connectivity index (χ1v) is 6.79. The van der Waals surface area contributed by atoms with Gasteiger partial charge in [-0.15, -0.1) is 0 Å². The summed E-state index contributed by atoms with van der Waals surface area (Å²) < 4.78 is 0. The van der Waals surface area contributed by atoms with Crippen LogP contribution in [0, 0.1) is 5.92 Å². The molecule has 0 saturated heterocycles. The minimum Gasteiger partial charge on any atom is -0.349 e. The van der Waals surface area contributed by atoms with Gasteiger partial charge in [-0.25, -0.2) is 0 Å². The molecule has 0 heterocycles. The van der Waals surface area contributed by atoms with Gasteiger partial charge in [0.05, 0.1) is 0 Å². The van der Waals surface area contributed by atoms with Gasteiger partial charge in [0.15, 0.2) is 0 Å². The van der Waals surface area contributed by atoms with Crippen LogP contribution in [0.5, 0.6) is 0 Å². The molecule has 2 rings (SSSR count). The molecule has 1 amide bonds. The zero-order chi connectivity index (χ0) is 13.0. The van der Waals surface area contributed by atoms with Crippen LogP contribution in [0.1, 0.15) is 48.5 Å². The lowest BCUT2D eigenvalue weighted by Crippen LogP contribution is -2.37. The molecule has 98 valence electrons. The van der Waals surface area contributed by atoms with Gasteiger partial charge in [-0.1, -0.05) is 31.9 Å². The molecule has 1 fully saturated rings. The summed E-state index contributed by atoms with van der Waals surface area (Å²) in [5.41, 5.74) is 7.32. The third kappa shape index (κ3) is 3.33. The van der Waals surface area contributed by atoms with Gasteiger partial charge in [-0.3, -0.25) is 4.79 Å². The van der Waals surface area contributed by atoms with E-state index in [4.69, 9.17) is 5.73 Å². The van der Waals surface area contributed by atoms with E-state index in [-0.39, 0.29) is 5.91 Å². The number of hydrogen-bond donors (Lipinski definition) is 2. The van der Waals surface area contributed by atoms with Crippen LogP contribution in [0.2, 0.25) is 0 Å². The second-order valence-electron chi connectivity index (χ2n) is 5.34. The highest BCUT2D eigenvalue weighted by Crippen LogP contribution is 2.23. The topological polar surface area (TPSA) is 55.1 Å². The molecule has 0 radical (unpaired) electrons. The van der Waals surface area contributed by atoms with E-state index in [0.29, 0.717) is 12.6 Å². The van der Waals surface area contributed by atoms with Gasteiger partial charge in [-0.2, -0.15) is 0 Å². The largest absolute Gasteiger partial charge is 0.349 e. The molecule has 0 aliphatic heterocycles. The standard InChI is InChI=1S/C15H22N2O/c1-11-3-2-4-14(9-11)17-15(18)13-7-5-12(10-16)6-8-13/h5-8,11,14H,2-4,9-10,16H2,1H3,(H,17,18). The van der Waals surface area contributed by atoms with Crippen molar-refractivity contribution in [1.82, 2.24) is 5.32 Å². The van der Waals surface area contributed by atoms with Crippen molar-refractivity contribution >= 4 is 5.91 Å². The molecule has 3 N–H and O–H groups in total. The summed E-state index contributed by atoms with van der Waals surface area (Å²) in [6.45, 7) is 2.77. The fraction of sp³-hybridized carbons (Fsp3) is 0.533. The van der Waals surface area contributed by atoms with Gasteiger partial charge in [0.25, 0.3) is 5.91 Å². The molecule has 1 aliphatic carbocycles. The molecule has 1 aromatic rings. The number of nitrogens with one attached hydrogen (secondary N) is 1. The Morgan fingerprint density at radius 3 is 2.67 bits per heavy atom. The Balaban J connectivity index is 1.94. The number of rotatable bonds is 3. The number of carbonyl (C=O) groups excluding carboxylic acids is 1. The number of benzene rings is 1. The number of hydrogen-bond acceptors (Lipinski definition) is 2. The third-order valence-corrected chi connectivity index (χ3v) is 3.72. The average Bonchev–Trinajstić information content (AvgIpc) is 2.39. The van der Waals surface area contributed by atoms with Crippen LogP contribution in [0.3, 0.4) is 0 Å². The number of amides is 1. The fourth-order valence-corrected chi connectivity index (χ4v) is 2.63. The first-order valence-electron chi connectivity index (χ1n) is 6.79. The zero-order valence-corrected chi connectivity index (χ0v) is 11.0. The molecule has 2 atom stereocenters. The first-order chi connectivity index (χ1) is 8.69. The van der Waals surface area contributed by atoms with Gasteiger partial charge in [0.2, 0.25) is 0 Å². The van der Waals surface area contributed by atoms with Crippen molar-refractivity contribution in [2.24, 2.45) is 11.7 Å². The van der Waals surface area contributed by atoms with Crippen LogP contribution in [0.15, 0.2) is 24.3 Å². The highest BCUT2D eigenvalue weighted by Gasteiger charge is 2.20. The van der Waals surface area contributed by atoms with Gasteiger partial charge >= 0.3 is 0 Å². The summed E-state index contributed by atoms with van der Waals surface area (Å²) in [5, 5.41) is 3.13. The Labute approximate surface area is 109 Å². The summed E-state index contributed by atoms with van der Waals surface area (Å²) in [5.74, 6) is 0.765. The minimum atomic E-state index is 0.0395. The van der Waals surface area contributed by atoms with Crippen LogP contribution in [0.25, 0.3) is 0 Å². The third-order valence-electron chi connectivity index (χ3n) is 3.72. The van der Waals surface area contributed by atoms with Crippen LogP contribution >= 0.6 is 0 Å². The Kier molecular flexibility index (Phi) is 4.37. The van der Waals surface area contributed by atoms with Crippen molar-refractivity contribution in [3.8, 4) is 0 Å². The second-order valence-corrected chi connectivity index (χ2v) is 5.34. The number of nitrogens with two attached hydrogens (primary N) is 1. The average molecular weight is 246 g/mol. The molecule has 0 bridgehead atoms. The van der Waals surface area contributed by atoms with Crippen molar-refractivity contribution in [3.05, 3.63) is 35.4 Å². The van der Waals surface area contributed by atoms with Crippen molar-refractivity contribution in [3.63, 3.8) is 0 Å². The minimum absolute atomic E-state index is 0.0395. The van der Waals surface area contributed by atoms with Crippen molar-refractivity contribution in [2.75, 3.05) is 0 Å². The molecule has 3 nitrogen and oxygen atoms in total. The van der Waals surface area contributed by atoms with E-state index in [2.05, 4.69) is 12.2 Å². The van der Waals surface area contributed by atoms with Crippen LogP contribution in [-0.2, 0) is 6.54 Å². The maximum atomic E-state index is 12.1. The highest BCUT2D eigenvalue weighted by molar-refractivity contribution is 5.94. The lowest BCUT2D eigenvalue weighted by atomic mass is 9.87. The Morgan fingerprint density at radius 1 is 1.33 bits per heavy atom. The Bertz CT molecular complexity index is 399. The molecule has 2 unspecified atom stereocenters. The smallest absolute Gasteiger partial charge is 0.251 e. The van der Waals surface area contributed by atoms with Crippen molar-refractivity contribution < 1.29 is 4.79 Å². The van der Waals surface area contributed by atoms with E-state index in [1.807, 2.05) is 24.3 Å². The Morgan fingerprint density at radius 2 is 2.06 bits per heavy atom. The molecule has 1 saturated carbocycles. The number of carbonyl (C=O) groups is 1. The van der Waals surface area contributed by atoms with E-state index in [1.54, 1.807) is 0 Å². The lowest BCUT2D eigenvalue weighted by Gasteiger charge is -2.27. The summed E-state index contributed by atoms with van der Waals surface area (Å²) >= 11 is 0. The highest BCUT2D eigenvalue weighted by atomic mass is 16.1. The van der Waals surface area contributed by atoms with Gasteiger partial charge in [-0.05, 0) is 36.5 Å². The lowest BCUT2D eigenvalue weighted by molar-refractivity contribution is 0.0921. The monoisotopic (exact) mass is 246 g/mol. The predicted octanol–water partition coefficient (Wildman–Crippen LogP) is 2.45. The summed E-state index contributed by atoms with van der Waals surface area (Å²) in [7, 11) is 0. The van der Waals surface area contributed by atoms with Crippen LogP contribution < -0.4 is 11.1 Å². The maximum absolute atomic E-state index is 12.1. The van der Waals surface area contributed by atoms with Gasteiger partial charge < -0.3 is 11.1 Å². The first kappa shape index (κ1) is 13.1. The molecule has 18 heavy (non-hydrogen) atoms. The molecule has 0 spiro atoms. The van der Waals surface area contributed by atoms with E-state index >= 15 is 0 Å². The van der Waals surface area contributed by atoms with Crippen molar-refractivity contribution in [2.45, 2.75) is 45.2 Å². The maximum Gasteiger partial charge on any atom is 0.251 e. The van der Waals surface area contributed by atoms with E-state index in [0.717, 1.165) is 29.9 Å². The van der Waals surface area contributed by atoms with E-state index in [9.17, 15) is 4.79 Å². The predicted molar refractivity (Wildman–Crippen MR) is 73.2 cm³/mol. The summed E-state index contributed by atoms with van der Waals surface area (Å²) in [6.07, 6.45) is 4.72. The Hall–Kier alpha value is -1.35. The van der Waals surface area contributed by atoms with Gasteiger partial charge in [0.1, 0.15) is 0 Å². The van der Waals surface area contributed by atoms with Crippen LogP contribution in [-0.4, -0.2) is 11.9 Å². The molecule has 0 aromatic heterocycles. The normalized spacial score (nSPS) is 23.7. The molecule has 1 aliphatic rings. The fourth-order valence-electron chi connectivity index (χ4n) is 2.63. The zero-order valence-electron chi connectivity index (χ0n) is 11.0. The van der Waals surface area contributed by atoms with E-state index in [1.165, 1.54) is 12.8 Å². The summed E-state index contributed by atoms with van der Waals surface area (Å²) in [6, 6.07) is 7.88. The van der Waals surface area contributed by atoms with Crippen molar-refractivity contribution in [1.29, 1.82) is 0 Å².